The highest BCUT2D eigenvalue weighted by Gasteiger charge is 2.38. The van der Waals surface area contributed by atoms with Crippen LogP contribution in [0, 0.1) is 17.2 Å². The molecule has 0 radical (unpaired) electrons. The molecule has 0 bridgehead atoms. The summed E-state index contributed by atoms with van der Waals surface area (Å²) in [4.78, 5) is 0. The molecule has 0 aliphatic carbocycles. The smallest absolute Gasteiger partial charge is 0.126 e. The predicted molar refractivity (Wildman–Crippen MR) is 116 cm³/mol. The van der Waals surface area contributed by atoms with Crippen molar-refractivity contribution in [3.8, 4) is 0 Å². The van der Waals surface area contributed by atoms with Crippen molar-refractivity contribution in [2.75, 3.05) is 6.61 Å². The predicted octanol–water partition coefficient (Wildman–Crippen LogP) is 7.97. The Morgan fingerprint density at radius 2 is 1.52 bits per heavy atom. The molecule has 1 rings (SSSR count). The zero-order valence-electron chi connectivity index (χ0n) is 18.7. The summed E-state index contributed by atoms with van der Waals surface area (Å²) in [6, 6.07) is 7.06. The van der Waals surface area contributed by atoms with E-state index in [0.717, 1.165) is 18.4 Å². The lowest BCUT2D eigenvalue weighted by Crippen LogP contribution is -2.42. The molecule has 1 aromatic rings. The lowest BCUT2D eigenvalue weighted by Gasteiger charge is -2.43. The quantitative estimate of drug-likeness (QED) is 0.316. The lowest BCUT2D eigenvalue weighted by atomic mass is 9.69. The average Bonchev–Trinajstić information content (AvgIpc) is 2.58. The molecule has 0 aromatic heterocycles. The summed E-state index contributed by atoms with van der Waals surface area (Å²) in [6.45, 7) is 14.4. The van der Waals surface area contributed by atoms with Crippen LogP contribution < -0.4 is 0 Å². The molecule has 0 aliphatic heterocycles. The number of halogens is 1. The number of hydrogen-bond donors (Lipinski definition) is 0. The Bertz CT molecular complexity index is 515. The fourth-order valence-electron chi connectivity index (χ4n) is 4.35. The first-order valence-electron chi connectivity index (χ1n) is 11.1. The van der Waals surface area contributed by atoms with Crippen molar-refractivity contribution in [1.29, 1.82) is 0 Å². The third kappa shape index (κ3) is 9.23. The standard InChI is InChI=1S/C25H43FO/c1-7-8-9-10-11-12-19-23(24(2,3)4)25(5,6)27-20-15-17-21-16-13-14-18-22(21)26/h13-14,16,18,23H,7-12,15,17,19-20H2,1-6H3. The van der Waals surface area contributed by atoms with Crippen LogP contribution in [-0.2, 0) is 11.2 Å². The molecule has 1 unspecified atom stereocenters. The normalized spacial score (nSPS) is 13.7. The van der Waals surface area contributed by atoms with E-state index in [2.05, 4.69) is 41.5 Å². The highest BCUT2D eigenvalue weighted by Crippen LogP contribution is 2.40. The number of benzene rings is 1. The van der Waals surface area contributed by atoms with Gasteiger partial charge in [-0.15, -0.1) is 0 Å². The molecule has 0 fully saturated rings. The molecule has 1 aromatic carbocycles. The van der Waals surface area contributed by atoms with Crippen LogP contribution in [0.3, 0.4) is 0 Å². The number of unbranched alkanes of at least 4 members (excludes halogenated alkanes) is 5. The summed E-state index contributed by atoms with van der Waals surface area (Å²) in [5.41, 5.74) is 0.855. The molecule has 0 saturated carbocycles. The molecule has 0 N–H and O–H groups in total. The van der Waals surface area contributed by atoms with E-state index in [1.807, 2.05) is 12.1 Å². The van der Waals surface area contributed by atoms with Crippen LogP contribution >= 0.6 is 0 Å². The lowest BCUT2D eigenvalue weighted by molar-refractivity contribution is -0.0958. The maximum Gasteiger partial charge on any atom is 0.126 e. The molecule has 0 aliphatic rings. The number of hydrogen-bond acceptors (Lipinski definition) is 1. The maximum absolute atomic E-state index is 13.7. The summed E-state index contributed by atoms with van der Waals surface area (Å²) < 4.78 is 20.1. The molecule has 27 heavy (non-hydrogen) atoms. The van der Waals surface area contributed by atoms with Crippen LogP contribution in [0.15, 0.2) is 24.3 Å². The molecule has 0 spiro atoms. The Kier molecular flexibility index (Phi) is 10.6. The first kappa shape index (κ1) is 24.1. The third-order valence-corrected chi connectivity index (χ3v) is 5.75. The van der Waals surface area contributed by atoms with Gasteiger partial charge in [-0.05, 0) is 56.1 Å². The average molecular weight is 379 g/mol. The first-order valence-corrected chi connectivity index (χ1v) is 11.1. The van der Waals surface area contributed by atoms with Gasteiger partial charge in [-0.25, -0.2) is 4.39 Å². The van der Waals surface area contributed by atoms with Gasteiger partial charge in [0, 0.05) is 6.61 Å². The van der Waals surface area contributed by atoms with Gasteiger partial charge >= 0.3 is 0 Å². The number of aryl methyl sites for hydroxylation is 1. The maximum atomic E-state index is 13.7. The van der Waals surface area contributed by atoms with Crippen LogP contribution in [-0.4, -0.2) is 12.2 Å². The summed E-state index contributed by atoms with van der Waals surface area (Å²) in [5, 5.41) is 0. The van der Waals surface area contributed by atoms with Gasteiger partial charge in [0.2, 0.25) is 0 Å². The Morgan fingerprint density at radius 1 is 0.889 bits per heavy atom. The summed E-state index contributed by atoms with van der Waals surface area (Å²) in [6.07, 6.45) is 10.8. The van der Waals surface area contributed by atoms with Gasteiger partial charge in [-0.3, -0.25) is 0 Å². The van der Waals surface area contributed by atoms with Gasteiger partial charge in [-0.1, -0.05) is 84.4 Å². The summed E-state index contributed by atoms with van der Waals surface area (Å²) in [5.74, 6) is 0.414. The molecule has 1 atom stereocenters. The van der Waals surface area contributed by atoms with Crippen molar-refractivity contribution in [3.05, 3.63) is 35.6 Å². The van der Waals surface area contributed by atoms with Crippen molar-refractivity contribution in [1.82, 2.24) is 0 Å². The highest BCUT2D eigenvalue weighted by atomic mass is 19.1. The molecule has 2 heteroatoms. The van der Waals surface area contributed by atoms with Gasteiger partial charge in [0.25, 0.3) is 0 Å². The van der Waals surface area contributed by atoms with Crippen molar-refractivity contribution < 1.29 is 9.13 Å². The first-order chi connectivity index (χ1) is 12.7. The van der Waals surface area contributed by atoms with Crippen molar-refractivity contribution in [3.63, 3.8) is 0 Å². The van der Waals surface area contributed by atoms with Crippen LogP contribution in [0.5, 0.6) is 0 Å². The SMILES string of the molecule is CCCCCCCCC(C(C)(C)C)C(C)(C)OCCCc1ccccc1F. The van der Waals surface area contributed by atoms with Crippen LogP contribution in [0.4, 0.5) is 4.39 Å². The Morgan fingerprint density at radius 3 is 2.15 bits per heavy atom. The second-order valence-corrected chi connectivity index (χ2v) is 9.62. The monoisotopic (exact) mass is 378 g/mol. The van der Waals surface area contributed by atoms with Gasteiger partial charge in [0.1, 0.15) is 5.82 Å². The van der Waals surface area contributed by atoms with Gasteiger partial charge < -0.3 is 4.74 Å². The Balaban J connectivity index is 2.46. The Hall–Kier alpha value is -0.890. The van der Waals surface area contributed by atoms with E-state index >= 15 is 0 Å². The van der Waals surface area contributed by atoms with Crippen molar-refractivity contribution in [2.24, 2.45) is 11.3 Å². The van der Waals surface area contributed by atoms with Crippen LogP contribution in [0.2, 0.25) is 0 Å². The second kappa shape index (κ2) is 11.8. The number of ether oxygens (including phenoxy) is 1. The summed E-state index contributed by atoms with van der Waals surface area (Å²) >= 11 is 0. The fourth-order valence-corrected chi connectivity index (χ4v) is 4.35. The van der Waals surface area contributed by atoms with E-state index < -0.39 is 0 Å². The van der Waals surface area contributed by atoms with Crippen LogP contribution in [0.25, 0.3) is 0 Å². The molecule has 1 nitrogen and oxygen atoms in total. The zero-order valence-corrected chi connectivity index (χ0v) is 18.7. The summed E-state index contributed by atoms with van der Waals surface area (Å²) in [7, 11) is 0. The molecular weight excluding hydrogens is 335 g/mol. The van der Waals surface area contributed by atoms with E-state index in [4.69, 9.17) is 4.74 Å². The largest absolute Gasteiger partial charge is 0.375 e. The van der Waals surface area contributed by atoms with Gasteiger partial charge in [-0.2, -0.15) is 0 Å². The molecule has 0 amide bonds. The molecular formula is C25H43FO. The highest BCUT2D eigenvalue weighted by molar-refractivity contribution is 5.17. The van der Waals surface area contributed by atoms with Crippen molar-refractivity contribution >= 4 is 0 Å². The fraction of sp³-hybridized carbons (Fsp3) is 0.760. The number of rotatable bonds is 13. The molecule has 156 valence electrons. The zero-order chi connectivity index (χ0) is 20.3. The second-order valence-electron chi connectivity index (χ2n) is 9.62. The van der Waals surface area contributed by atoms with E-state index in [9.17, 15) is 4.39 Å². The van der Waals surface area contributed by atoms with Crippen LogP contribution in [0.1, 0.15) is 98.5 Å². The van der Waals surface area contributed by atoms with E-state index in [-0.39, 0.29) is 16.8 Å². The minimum atomic E-state index is -0.156. The minimum absolute atomic E-state index is 0.104. The molecule has 0 saturated heterocycles. The Labute approximate surface area is 168 Å². The van der Waals surface area contributed by atoms with E-state index in [0.29, 0.717) is 12.5 Å². The van der Waals surface area contributed by atoms with Crippen molar-refractivity contribution in [2.45, 2.75) is 105 Å². The van der Waals surface area contributed by atoms with Gasteiger partial charge in [0.05, 0.1) is 5.60 Å². The minimum Gasteiger partial charge on any atom is -0.375 e. The van der Waals surface area contributed by atoms with E-state index in [1.54, 1.807) is 6.07 Å². The van der Waals surface area contributed by atoms with Gasteiger partial charge in [0.15, 0.2) is 0 Å². The topological polar surface area (TPSA) is 9.23 Å². The molecule has 0 heterocycles. The third-order valence-electron chi connectivity index (χ3n) is 5.75. The van der Waals surface area contributed by atoms with E-state index in [1.165, 1.54) is 51.0 Å².